The number of carbonyl (C=O) groups is 1. The maximum atomic E-state index is 12.6. The van der Waals surface area contributed by atoms with E-state index in [9.17, 15) is 13.2 Å². The Bertz CT molecular complexity index is 874. The second-order valence-corrected chi connectivity index (χ2v) is 9.09. The van der Waals surface area contributed by atoms with Crippen LogP contribution in [0.4, 0.5) is 0 Å². The molecule has 1 aliphatic rings. The summed E-state index contributed by atoms with van der Waals surface area (Å²) in [5.41, 5.74) is 2.10. The first-order valence-corrected chi connectivity index (χ1v) is 11.4. The summed E-state index contributed by atoms with van der Waals surface area (Å²) in [4.78, 5) is 14.8. The van der Waals surface area contributed by atoms with Gasteiger partial charge >= 0.3 is 0 Å². The van der Waals surface area contributed by atoms with Crippen LogP contribution in [0.1, 0.15) is 37.3 Å². The molecule has 1 saturated heterocycles. The van der Waals surface area contributed by atoms with E-state index < -0.39 is 10.0 Å². The quantitative estimate of drug-likeness (QED) is 0.682. The largest absolute Gasteiger partial charge is 0.339 e. The molecule has 0 aliphatic carbocycles. The molecule has 1 aliphatic heterocycles. The molecule has 2 aromatic rings. The molecule has 3 rings (SSSR count). The van der Waals surface area contributed by atoms with Crippen LogP contribution in [0.3, 0.4) is 0 Å². The number of nitrogens with zero attached hydrogens (tertiary/aromatic N) is 2. The summed E-state index contributed by atoms with van der Waals surface area (Å²) < 4.78 is 26.7. The molecule has 0 unspecified atom stereocenters. The number of sulfonamides is 1. The van der Waals surface area contributed by atoms with E-state index in [1.807, 2.05) is 54.3 Å². The second-order valence-electron chi connectivity index (χ2n) is 7.15. The lowest BCUT2D eigenvalue weighted by molar-refractivity contribution is -0.131. The standard InChI is InChI=1S/C22H28N2O3S/c1-2-23(18-20-8-4-3-5-9-20)22(25)15-12-19-10-13-21(14-11-19)28(26,27)24-16-6-7-17-24/h3-5,8-11,13-14H,2,6-7,12,15-18H2,1H3. The highest BCUT2D eigenvalue weighted by Crippen LogP contribution is 2.21. The average Bonchev–Trinajstić information content (AvgIpc) is 3.27. The minimum Gasteiger partial charge on any atom is -0.339 e. The van der Waals surface area contributed by atoms with Gasteiger partial charge in [-0.25, -0.2) is 8.42 Å². The molecule has 1 heterocycles. The molecular formula is C22H28N2O3S. The Morgan fingerprint density at radius 3 is 2.21 bits per heavy atom. The van der Waals surface area contributed by atoms with Gasteiger partial charge in [0.2, 0.25) is 15.9 Å². The Labute approximate surface area is 168 Å². The molecule has 0 radical (unpaired) electrons. The third-order valence-corrected chi connectivity index (χ3v) is 7.12. The van der Waals surface area contributed by atoms with Crippen molar-refractivity contribution in [2.75, 3.05) is 19.6 Å². The lowest BCUT2D eigenvalue weighted by Gasteiger charge is -2.21. The first kappa shape index (κ1) is 20.6. The highest BCUT2D eigenvalue weighted by Gasteiger charge is 2.26. The van der Waals surface area contributed by atoms with Gasteiger partial charge in [0.25, 0.3) is 0 Å². The maximum absolute atomic E-state index is 12.6. The molecule has 2 aromatic carbocycles. The van der Waals surface area contributed by atoms with Crippen molar-refractivity contribution in [1.29, 1.82) is 0 Å². The summed E-state index contributed by atoms with van der Waals surface area (Å²) >= 11 is 0. The van der Waals surface area contributed by atoms with Crippen LogP contribution >= 0.6 is 0 Å². The minimum atomic E-state index is -3.38. The molecule has 150 valence electrons. The van der Waals surface area contributed by atoms with E-state index in [4.69, 9.17) is 0 Å². The van der Waals surface area contributed by atoms with E-state index >= 15 is 0 Å². The second kappa shape index (κ2) is 9.34. The summed E-state index contributed by atoms with van der Waals surface area (Å²) in [6.07, 6.45) is 2.87. The van der Waals surface area contributed by atoms with E-state index in [1.165, 1.54) is 0 Å². The SMILES string of the molecule is CCN(Cc1ccccc1)C(=O)CCc1ccc(S(=O)(=O)N2CCCC2)cc1. The van der Waals surface area contributed by atoms with Gasteiger partial charge in [0.1, 0.15) is 0 Å². The molecule has 1 amide bonds. The van der Waals surface area contributed by atoms with Gasteiger partial charge in [0.05, 0.1) is 4.90 Å². The first-order chi connectivity index (χ1) is 13.5. The zero-order valence-electron chi connectivity index (χ0n) is 16.4. The molecule has 5 nitrogen and oxygen atoms in total. The van der Waals surface area contributed by atoms with Crippen molar-refractivity contribution in [2.24, 2.45) is 0 Å². The van der Waals surface area contributed by atoms with Crippen molar-refractivity contribution < 1.29 is 13.2 Å². The van der Waals surface area contributed by atoms with Crippen LogP contribution in [0.25, 0.3) is 0 Å². The number of hydrogen-bond donors (Lipinski definition) is 0. The van der Waals surface area contributed by atoms with Gasteiger partial charge < -0.3 is 4.90 Å². The van der Waals surface area contributed by atoms with Crippen molar-refractivity contribution >= 4 is 15.9 Å². The zero-order valence-corrected chi connectivity index (χ0v) is 17.2. The van der Waals surface area contributed by atoms with Crippen molar-refractivity contribution in [3.63, 3.8) is 0 Å². The molecule has 0 aromatic heterocycles. The number of hydrogen-bond acceptors (Lipinski definition) is 3. The van der Waals surface area contributed by atoms with Gasteiger partial charge in [-0.3, -0.25) is 4.79 Å². The molecule has 0 saturated carbocycles. The van der Waals surface area contributed by atoms with Crippen molar-refractivity contribution in [2.45, 2.75) is 44.0 Å². The van der Waals surface area contributed by atoms with Crippen LogP contribution in [-0.4, -0.2) is 43.2 Å². The van der Waals surface area contributed by atoms with Crippen LogP contribution in [0.5, 0.6) is 0 Å². The Balaban J connectivity index is 1.57. The lowest BCUT2D eigenvalue weighted by Crippen LogP contribution is -2.30. The van der Waals surface area contributed by atoms with Gasteiger partial charge in [-0.1, -0.05) is 42.5 Å². The monoisotopic (exact) mass is 400 g/mol. The molecule has 6 heteroatoms. The fourth-order valence-corrected chi connectivity index (χ4v) is 5.01. The Kier molecular flexibility index (Phi) is 6.86. The predicted molar refractivity (Wildman–Crippen MR) is 110 cm³/mol. The van der Waals surface area contributed by atoms with E-state index in [2.05, 4.69) is 0 Å². The van der Waals surface area contributed by atoms with Gasteiger partial charge in [-0.2, -0.15) is 4.31 Å². The third kappa shape index (κ3) is 5.00. The minimum absolute atomic E-state index is 0.111. The molecule has 0 N–H and O–H groups in total. The average molecular weight is 401 g/mol. The van der Waals surface area contributed by atoms with Gasteiger partial charge in [0, 0.05) is 32.6 Å². The molecule has 0 bridgehead atoms. The van der Waals surface area contributed by atoms with E-state index in [0.29, 0.717) is 43.9 Å². The van der Waals surface area contributed by atoms with Gasteiger partial charge in [-0.15, -0.1) is 0 Å². The van der Waals surface area contributed by atoms with Crippen LogP contribution in [-0.2, 0) is 27.8 Å². The number of carbonyl (C=O) groups excluding carboxylic acids is 1. The lowest BCUT2D eigenvalue weighted by atomic mass is 10.1. The number of benzene rings is 2. The summed E-state index contributed by atoms with van der Waals surface area (Å²) in [5, 5.41) is 0. The highest BCUT2D eigenvalue weighted by molar-refractivity contribution is 7.89. The van der Waals surface area contributed by atoms with Gasteiger partial charge in [0.15, 0.2) is 0 Å². The van der Waals surface area contributed by atoms with Crippen molar-refractivity contribution in [3.05, 3.63) is 65.7 Å². The fraction of sp³-hybridized carbons (Fsp3) is 0.409. The summed E-state index contributed by atoms with van der Waals surface area (Å²) in [6, 6.07) is 16.9. The molecule has 28 heavy (non-hydrogen) atoms. The topological polar surface area (TPSA) is 57.7 Å². The van der Waals surface area contributed by atoms with Gasteiger partial charge in [-0.05, 0) is 49.4 Å². The number of amides is 1. The number of rotatable bonds is 8. The molecule has 1 fully saturated rings. The summed E-state index contributed by atoms with van der Waals surface area (Å²) in [6.45, 7) is 4.47. The smallest absolute Gasteiger partial charge is 0.243 e. The van der Waals surface area contributed by atoms with Crippen molar-refractivity contribution in [3.8, 4) is 0 Å². The maximum Gasteiger partial charge on any atom is 0.243 e. The Morgan fingerprint density at radius 2 is 1.61 bits per heavy atom. The first-order valence-electron chi connectivity index (χ1n) is 9.91. The van der Waals surface area contributed by atoms with Crippen molar-refractivity contribution in [1.82, 2.24) is 9.21 Å². The molecule has 0 atom stereocenters. The van der Waals surface area contributed by atoms with Crippen LogP contribution in [0.2, 0.25) is 0 Å². The highest BCUT2D eigenvalue weighted by atomic mass is 32.2. The Hall–Kier alpha value is -2.18. The van der Waals surface area contributed by atoms with Crippen LogP contribution in [0.15, 0.2) is 59.5 Å². The van der Waals surface area contributed by atoms with E-state index in [-0.39, 0.29) is 5.91 Å². The van der Waals surface area contributed by atoms with Crippen LogP contribution in [0, 0.1) is 0 Å². The van der Waals surface area contributed by atoms with E-state index in [0.717, 1.165) is 24.0 Å². The summed E-state index contributed by atoms with van der Waals surface area (Å²) in [5.74, 6) is 0.111. The fourth-order valence-electron chi connectivity index (χ4n) is 3.50. The third-order valence-electron chi connectivity index (χ3n) is 5.20. The molecular weight excluding hydrogens is 372 g/mol. The Morgan fingerprint density at radius 1 is 0.964 bits per heavy atom. The number of aryl methyl sites for hydroxylation is 1. The summed E-state index contributed by atoms with van der Waals surface area (Å²) in [7, 11) is -3.38. The molecule has 0 spiro atoms. The normalized spacial score (nSPS) is 14.9. The van der Waals surface area contributed by atoms with E-state index in [1.54, 1.807) is 16.4 Å². The predicted octanol–water partition coefficient (Wildman–Crippen LogP) is 3.45. The van der Waals surface area contributed by atoms with Crippen LogP contribution < -0.4 is 0 Å². The zero-order chi connectivity index (χ0) is 20.0.